The number of hydrogen-bond donors (Lipinski definition) is 2. The second-order valence-electron chi connectivity index (χ2n) is 5.62. The predicted octanol–water partition coefficient (Wildman–Crippen LogP) is 3.41. The van der Waals surface area contributed by atoms with Crippen LogP contribution in [0.3, 0.4) is 0 Å². The van der Waals surface area contributed by atoms with Crippen LogP contribution >= 0.6 is 11.6 Å². The lowest BCUT2D eigenvalue weighted by Crippen LogP contribution is -2.29. The molecular weight excluding hydrogens is 302 g/mol. The molecule has 5 nitrogen and oxygen atoms in total. The van der Waals surface area contributed by atoms with Crippen LogP contribution in [-0.2, 0) is 6.54 Å². The number of nitrogens with one attached hydrogen (secondary N) is 1. The summed E-state index contributed by atoms with van der Waals surface area (Å²) in [5.74, 6) is -1.02. The number of piperidine rings is 1. The minimum atomic E-state index is -1.02. The van der Waals surface area contributed by atoms with Crippen LogP contribution in [0, 0.1) is 0 Å². The number of aromatic nitrogens is 2. The van der Waals surface area contributed by atoms with E-state index in [1.54, 1.807) is 0 Å². The fourth-order valence-corrected chi connectivity index (χ4v) is 3.01. The van der Waals surface area contributed by atoms with Gasteiger partial charge in [-0.15, -0.1) is 0 Å². The van der Waals surface area contributed by atoms with Crippen molar-refractivity contribution in [2.75, 3.05) is 13.1 Å². The van der Waals surface area contributed by atoms with Crippen molar-refractivity contribution in [1.82, 2.24) is 15.1 Å². The monoisotopic (exact) mass is 319 g/mol. The van der Waals surface area contributed by atoms with Gasteiger partial charge in [0.05, 0.1) is 5.69 Å². The van der Waals surface area contributed by atoms with Gasteiger partial charge in [-0.1, -0.05) is 30.2 Å². The minimum absolute atomic E-state index is 0.0727. The Morgan fingerprint density at radius 3 is 2.68 bits per heavy atom. The Morgan fingerprint density at radius 1 is 1.27 bits per heavy atom. The largest absolute Gasteiger partial charge is 0.477 e. The van der Waals surface area contributed by atoms with Gasteiger partial charge in [0.1, 0.15) is 5.69 Å². The van der Waals surface area contributed by atoms with Crippen molar-refractivity contribution >= 4 is 17.6 Å². The number of aromatic carboxylic acids is 1. The van der Waals surface area contributed by atoms with Gasteiger partial charge in [-0.05, 0) is 43.6 Å². The summed E-state index contributed by atoms with van der Waals surface area (Å²) in [7, 11) is 0. The first-order valence-electron chi connectivity index (χ1n) is 7.43. The van der Waals surface area contributed by atoms with Gasteiger partial charge < -0.3 is 5.11 Å². The lowest BCUT2D eigenvalue weighted by atomic mass is 10.1. The Hall–Kier alpha value is -1.85. The van der Waals surface area contributed by atoms with Gasteiger partial charge in [0, 0.05) is 17.1 Å². The summed E-state index contributed by atoms with van der Waals surface area (Å²) >= 11 is 6.39. The molecule has 22 heavy (non-hydrogen) atoms. The maximum absolute atomic E-state index is 10.9. The summed E-state index contributed by atoms with van der Waals surface area (Å²) in [6, 6.07) is 7.30. The maximum atomic E-state index is 10.9. The number of carboxylic acid groups (broad SMARTS) is 1. The zero-order chi connectivity index (χ0) is 15.5. The van der Waals surface area contributed by atoms with E-state index in [1.165, 1.54) is 25.3 Å². The first-order chi connectivity index (χ1) is 10.6. The van der Waals surface area contributed by atoms with Gasteiger partial charge in [0.2, 0.25) is 0 Å². The van der Waals surface area contributed by atoms with Gasteiger partial charge >= 0.3 is 5.97 Å². The molecule has 0 radical (unpaired) electrons. The summed E-state index contributed by atoms with van der Waals surface area (Å²) in [6.45, 7) is 3.11. The Bertz CT molecular complexity index is 678. The van der Waals surface area contributed by atoms with Crippen molar-refractivity contribution < 1.29 is 9.90 Å². The summed E-state index contributed by atoms with van der Waals surface area (Å²) in [6.07, 6.45) is 3.82. The Morgan fingerprint density at radius 2 is 2.05 bits per heavy atom. The number of hydrogen-bond acceptors (Lipinski definition) is 3. The molecule has 3 rings (SSSR count). The van der Waals surface area contributed by atoms with E-state index in [0.29, 0.717) is 10.7 Å². The van der Waals surface area contributed by atoms with Crippen LogP contribution in [0.4, 0.5) is 0 Å². The second-order valence-corrected chi connectivity index (χ2v) is 6.02. The predicted molar refractivity (Wildman–Crippen MR) is 85.1 cm³/mol. The van der Waals surface area contributed by atoms with Crippen LogP contribution in [0.5, 0.6) is 0 Å². The Labute approximate surface area is 133 Å². The van der Waals surface area contributed by atoms with Crippen LogP contribution in [0.25, 0.3) is 11.3 Å². The summed E-state index contributed by atoms with van der Waals surface area (Å²) < 4.78 is 0. The lowest BCUT2D eigenvalue weighted by molar-refractivity contribution is 0.0690. The lowest BCUT2D eigenvalue weighted by Gasteiger charge is -2.26. The molecule has 2 N–H and O–H groups in total. The SMILES string of the molecule is O=C(O)c1cc(-c2ccc(CN3CCCCC3)c(Cl)c2)n[nH]1. The minimum Gasteiger partial charge on any atom is -0.477 e. The molecule has 6 heteroatoms. The molecule has 0 spiro atoms. The number of benzene rings is 1. The molecule has 0 saturated carbocycles. The highest BCUT2D eigenvalue weighted by Gasteiger charge is 2.14. The average Bonchev–Trinajstić information content (AvgIpc) is 3.00. The first-order valence-corrected chi connectivity index (χ1v) is 7.81. The van der Waals surface area contributed by atoms with Crippen molar-refractivity contribution in [1.29, 1.82) is 0 Å². The number of carbonyl (C=O) groups is 1. The average molecular weight is 320 g/mol. The molecule has 1 aliphatic heterocycles. The van der Waals surface area contributed by atoms with Gasteiger partial charge in [0.25, 0.3) is 0 Å². The fourth-order valence-electron chi connectivity index (χ4n) is 2.77. The number of rotatable bonds is 4. The maximum Gasteiger partial charge on any atom is 0.353 e. The van der Waals surface area contributed by atoms with E-state index < -0.39 is 5.97 Å². The molecule has 1 fully saturated rings. The topological polar surface area (TPSA) is 69.2 Å². The molecule has 0 bridgehead atoms. The van der Waals surface area contributed by atoms with Crippen molar-refractivity contribution in [2.24, 2.45) is 0 Å². The number of likely N-dealkylation sites (tertiary alicyclic amines) is 1. The molecule has 0 unspecified atom stereocenters. The molecule has 0 aliphatic carbocycles. The van der Waals surface area contributed by atoms with Crippen molar-refractivity contribution in [3.63, 3.8) is 0 Å². The highest BCUT2D eigenvalue weighted by molar-refractivity contribution is 6.31. The summed E-state index contributed by atoms with van der Waals surface area (Å²) in [5, 5.41) is 16.1. The van der Waals surface area contributed by atoms with Gasteiger partial charge in [-0.3, -0.25) is 10.00 Å². The number of aromatic amines is 1. The second kappa shape index (κ2) is 6.50. The molecule has 1 aromatic heterocycles. The van der Waals surface area contributed by atoms with E-state index >= 15 is 0 Å². The molecule has 116 valence electrons. The smallest absolute Gasteiger partial charge is 0.353 e. The quantitative estimate of drug-likeness (QED) is 0.906. The molecule has 1 saturated heterocycles. The number of nitrogens with zero attached hydrogens (tertiary/aromatic N) is 2. The molecule has 0 atom stereocenters. The van der Waals surface area contributed by atoms with E-state index in [1.807, 2.05) is 18.2 Å². The normalized spacial score (nSPS) is 15.9. The van der Waals surface area contributed by atoms with Crippen LogP contribution in [-0.4, -0.2) is 39.3 Å². The molecule has 0 amide bonds. The van der Waals surface area contributed by atoms with E-state index in [9.17, 15) is 4.79 Å². The van der Waals surface area contributed by atoms with E-state index in [-0.39, 0.29) is 5.69 Å². The number of carboxylic acids is 1. The highest BCUT2D eigenvalue weighted by atomic mass is 35.5. The molecule has 1 aliphatic rings. The van der Waals surface area contributed by atoms with Crippen LogP contribution < -0.4 is 0 Å². The third-order valence-corrected chi connectivity index (χ3v) is 4.35. The van der Waals surface area contributed by atoms with Gasteiger partial charge in [0.15, 0.2) is 0 Å². The van der Waals surface area contributed by atoms with E-state index in [2.05, 4.69) is 15.1 Å². The third kappa shape index (κ3) is 3.31. The van der Waals surface area contributed by atoms with Crippen molar-refractivity contribution in [3.8, 4) is 11.3 Å². The van der Waals surface area contributed by atoms with Crippen LogP contribution in [0.15, 0.2) is 24.3 Å². The Kier molecular flexibility index (Phi) is 4.45. The standard InChI is InChI=1S/C16H18ClN3O2/c17-13-8-11(14-9-15(16(21)22)19-18-14)4-5-12(13)10-20-6-2-1-3-7-20/h4-5,8-9H,1-3,6-7,10H2,(H,18,19)(H,21,22). The molecule has 1 aromatic carbocycles. The highest BCUT2D eigenvalue weighted by Crippen LogP contribution is 2.26. The molecular formula is C16H18ClN3O2. The first kappa shape index (κ1) is 15.1. The summed E-state index contributed by atoms with van der Waals surface area (Å²) in [5.41, 5.74) is 2.57. The number of halogens is 1. The van der Waals surface area contributed by atoms with Crippen molar-refractivity contribution in [2.45, 2.75) is 25.8 Å². The van der Waals surface area contributed by atoms with Crippen LogP contribution in [0.1, 0.15) is 35.3 Å². The van der Waals surface area contributed by atoms with Crippen LogP contribution in [0.2, 0.25) is 5.02 Å². The number of H-pyrrole nitrogens is 1. The van der Waals surface area contributed by atoms with E-state index in [4.69, 9.17) is 16.7 Å². The third-order valence-electron chi connectivity index (χ3n) is 4.00. The molecule has 2 heterocycles. The van der Waals surface area contributed by atoms with Gasteiger partial charge in [-0.2, -0.15) is 5.10 Å². The summed E-state index contributed by atoms with van der Waals surface area (Å²) in [4.78, 5) is 13.3. The van der Waals surface area contributed by atoms with Gasteiger partial charge in [-0.25, -0.2) is 4.79 Å². The Balaban J connectivity index is 1.77. The van der Waals surface area contributed by atoms with Crippen molar-refractivity contribution in [3.05, 3.63) is 40.5 Å². The fraction of sp³-hybridized carbons (Fsp3) is 0.375. The zero-order valence-corrected chi connectivity index (χ0v) is 12.9. The van der Waals surface area contributed by atoms with E-state index in [0.717, 1.165) is 30.8 Å². The zero-order valence-electron chi connectivity index (χ0n) is 12.2. The molecule has 2 aromatic rings.